The summed E-state index contributed by atoms with van der Waals surface area (Å²) in [5.74, 6) is -2.25. The van der Waals surface area contributed by atoms with Crippen LogP contribution in [0.3, 0.4) is 0 Å². The summed E-state index contributed by atoms with van der Waals surface area (Å²) in [4.78, 5) is 69.6. The molecule has 3 aliphatic heterocycles. The van der Waals surface area contributed by atoms with Gasteiger partial charge in [-0.05, 0) is 13.5 Å². The summed E-state index contributed by atoms with van der Waals surface area (Å²) in [6.45, 7) is 3.34. The van der Waals surface area contributed by atoms with Gasteiger partial charge in [0.2, 0.25) is 11.8 Å². The van der Waals surface area contributed by atoms with Crippen molar-refractivity contribution < 1.29 is 28.8 Å². The molecule has 1 unspecified atom stereocenters. The fraction of sp³-hybridized carbons (Fsp3) is 0.706. The molecule has 0 saturated carbocycles. The van der Waals surface area contributed by atoms with Gasteiger partial charge in [0, 0.05) is 52.0 Å². The van der Waals surface area contributed by atoms with Gasteiger partial charge in [-0.15, -0.1) is 5.06 Å². The first kappa shape index (κ1) is 19.4. The molecule has 10 nitrogen and oxygen atoms in total. The molecule has 0 aromatic heterocycles. The maximum absolute atomic E-state index is 12.6. The predicted molar refractivity (Wildman–Crippen MR) is 90.6 cm³/mol. The van der Waals surface area contributed by atoms with Crippen LogP contribution < -0.4 is 0 Å². The zero-order valence-electron chi connectivity index (χ0n) is 15.4. The normalized spacial score (nSPS) is 25.0. The lowest BCUT2D eigenvalue weighted by atomic mass is 10.2. The van der Waals surface area contributed by atoms with E-state index in [1.165, 1.54) is 4.90 Å². The molecule has 27 heavy (non-hydrogen) atoms. The number of hydrogen-bond acceptors (Lipinski definition) is 8. The third kappa shape index (κ3) is 4.33. The molecule has 148 valence electrons. The molecule has 3 saturated heterocycles. The second-order valence-electron chi connectivity index (χ2n) is 7.09. The number of rotatable bonds is 6. The first-order chi connectivity index (χ1) is 12.9. The van der Waals surface area contributed by atoms with Gasteiger partial charge in [0.25, 0.3) is 11.8 Å². The van der Waals surface area contributed by atoms with Crippen LogP contribution in [0, 0.1) is 0 Å². The summed E-state index contributed by atoms with van der Waals surface area (Å²) < 4.78 is 0. The molecule has 0 N–H and O–H groups in total. The highest BCUT2D eigenvalue weighted by Crippen LogP contribution is 2.21. The number of hydrogen-bond donors (Lipinski definition) is 0. The Balaban J connectivity index is 1.44. The molecular formula is C17H24N4O6. The summed E-state index contributed by atoms with van der Waals surface area (Å²) in [5, 5.41) is 0.498. The average Bonchev–Trinajstić information content (AvgIpc) is 3.10. The van der Waals surface area contributed by atoms with Gasteiger partial charge in [-0.1, -0.05) is 0 Å². The molecule has 1 atom stereocenters. The second kappa shape index (κ2) is 8.13. The van der Waals surface area contributed by atoms with Crippen molar-refractivity contribution in [1.82, 2.24) is 19.8 Å². The summed E-state index contributed by atoms with van der Waals surface area (Å²) in [6.07, 6.45) is 0.381. The van der Waals surface area contributed by atoms with E-state index in [1.54, 1.807) is 0 Å². The van der Waals surface area contributed by atoms with Crippen LogP contribution >= 0.6 is 0 Å². The van der Waals surface area contributed by atoms with Crippen LogP contribution in [0.25, 0.3) is 0 Å². The summed E-state index contributed by atoms with van der Waals surface area (Å²) in [7, 11) is 2.02. The highest BCUT2D eigenvalue weighted by atomic mass is 16.7. The minimum atomic E-state index is -0.728. The molecule has 0 aromatic rings. The molecule has 0 radical (unpaired) electrons. The molecule has 0 bridgehead atoms. The number of carbonyl (C=O) groups is 5. The Morgan fingerprint density at radius 3 is 2.26 bits per heavy atom. The monoisotopic (exact) mass is 380 g/mol. The average molecular weight is 380 g/mol. The number of amides is 4. The zero-order chi connectivity index (χ0) is 19.6. The van der Waals surface area contributed by atoms with Gasteiger partial charge in [0.15, 0.2) is 0 Å². The van der Waals surface area contributed by atoms with Crippen molar-refractivity contribution in [3.63, 3.8) is 0 Å². The van der Waals surface area contributed by atoms with Crippen LogP contribution in [0.5, 0.6) is 0 Å². The van der Waals surface area contributed by atoms with Gasteiger partial charge in [0.05, 0.1) is 12.5 Å². The lowest BCUT2D eigenvalue weighted by molar-refractivity contribution is -0.197. The zero-order valence-corrected chi connectivity index (χ0v) is 15.4. The smallest absolute Gasteiger partial charge is 0.330 e. The quantitative estimate of drug-likeness (QED) is 0.526. The SMILES string of the molecule is CN1CCN(C2CC(=O)N(CCCC(=O)ON3C(=O)CCC3=O)C2=O)CC1. The molecular weight excluding hydrogens is 356 g/mol. The van der Waals surface area contributed by atoms with E-state index in [4.69, 9.17) is 4.84 Å². The van der Waals surface area contributed by atoms with Crippen molar-refractivity contribution in [2.24, 2.45) is 0 Å². The molecule has 3 rings (SSSR count). The van der Waals surface area contributed by atoms with Gasteiger partial charge in [0.1, 0.15) is 0 Å². The number of carbonyl (C=O) groups excluding carboxylic acids is 5. The number of imide groups is 2. The van der Waals surface area contributed by atoms with Crippen molar-refractivity contribution in [2.45, 2.75) is 38.1 Å². The Bertz CT molecular complexity index is 642. The van der Waals surface area contributed by atoms with E-state index < -0.39 is 23.8 Å². The minimum Gasteiger partial charge on any atom is -0.330 e. The topological polar surface area (TPSA) is 108 Å². The second-order valence-corrected chi connectivity index (χ2v) is 7.09. The summed E-state index contributed by atoms with van der Waals surface area (Å²) >= 11 is 0. The number of piperazine rings is 1. The Morgan fingerprint density at radius 1 is 1.00 bits per heavy atom. The molecule has 3 fully saturated rings. The summed E-state index contributed by atoms with van der Waals surface area (Å²) in [6, 6.07) is -0.419. The third-order valence-corrected chi connectivity index (χ3v) is 5.16. The number of likely N-dealkylation sites (tertiary alicyclic amines) is 1. The van der Waals surface area contributed by atoms with Crippen molar-refractivity contribution in [1.29, 1.82) is 0 Å². The van der Waals surface area contributed by atoms with Gasteiger partial charge in [-0.25, -0.2) is 4.79 Å². The van der Waals surface area contributed by atoms with Crippen molar-refractivity contribution in [2.75, 3.05) is 39.8 Å². The summed E-state index contributed by atoms with van der Waals surface area (Å²) in [5.41, 5.74) is 0. The van der Waals surface area contributed by atoms with Crippen molar-refractivity contribution in [3.8, 4) is 0 Å². The maximum atomic E-state index is 12.6. The first-order valence-electron chi connectivity index (χ1n) is 9.20. The Kier molecular flexibility index (Phi) is 5.85. The molecule has 0 spiro atoms. The highest BCUT2D eigenvalue weighted by molar-refractivity contribution is 6.05. The molecule has 3 heterocycles. The van der Waals surface area contributed by atoms with E-state index in [9.17, 15) is 24.0 Å². The molecule has 0 aliphatic carbocycles. The van der Waals surface area contributed by atoms with E-state index in [0.29, 0.717) is 5.06 Å². The molecule has 10 heteroatoms. The standard InChI is InChI=1S/C17H24N4O6/c1-18-7-9-19(10-8-18)12-11-15(24)20(17(12)26)6-2-3-16(25)27-21-13(22)4-5-14(21)23/h12H,2-11H2,1H3. The number of likely N-dealkylation sites (N-methyl/N-ethyl adjacent to an activating group) is 1. The number of nitrogens with zero attached hydrogens (tertiary/aromatic N) is 4. The molecule has 4 amide bonds. The van der Waals surface area contributed by atoms with Crippen LogP contribution in [0.15, 0.2) is 0 Å². The van der Waals surface area contributed by atoms with Crippen LogP contribution in [-0.4, -0.2) is 95.2 Å². The van der Waals surface area contributed by atoms with Crippen LogP contribution in [0.4, 0.5) is 0 Å². The Labute approximate surface area is 156 Å². The van der Waals surface area contributed by atoms with E-state index in [1.807, 2.05) is 11.9 Å². The Hall–Kier alpha value is -2.33. The fourth-order valence-corrected chi connectivity index (χ4v) is 3.51. The lowest BCUT2D eigenvalue weighted by Gasteiger charge is -2.35. The first-order valence-corrected chi connectivity index (χ1v) is 9.20. The van der Waals surface area contributed by atoms with Crippen molar-refractivity contribution >= 4 is 29.6 Å². The predicted octanol–water partition coefficient (Wildman–Crippen LogP) is -1.25. The van der Waals surface area contributed by atoms with E-state index >= 15 is 0 Å². The van der Waals surface area contributed by atoms with Gasteiger partial charge < -0.3 is 9.74 Å². The fourth-order valence-electron chi connectivity index (χ4n) is 3.51. The van der Waals surface area contributed by atoms with Crippen molar-refractivity contribution in [3.05, 3.63) is 0 Å². The van der Waals surface area contributed by atoms with Gasteiger partial charge >= 0.3 is 5.97 Å². The van der Waals surface area contributed by atoms with Crippen LogP contribution in [0.1, 0.15) is 32.1 Å². The molecule has 0 aromatic carbocycles. The third-order valence-electron chi connectivity index (χ3n) is 5.16. The van der Waals surface area contributed by atoms with Crippen LogP contribution in [-0.2, 0) is 28.8 Å². The van der Waals surface area contributed by atoms with E-state index in [0.717, 1.165) is 26.2 Å². The Morgan fingerprint density at radius 2 is 1.63 bits per heavy atom. The maximum Gasteiger partial charge on any atom is 0.333 e. The van der Waals surface area contributed by atoms with Crippen LogP contribution in [0.2, 0.25) is 0 Å². The van der Waals surface area contributed by atoms with E-state index in [-0.39, 0.29) is 50.5 Å². The lowest BCUT2D eigenvalue weighted by Crippen LogP contribution is -2.51. The number of hydroxylamine groups is 2. The largest absolute Gasteiger partial charge is 0.333 e. The minimum absolute atomic E-state index is 0.0383. The van der Waals surface area contributed by atoms with Gasteiger partial charge in [-0.3, -0.25) is 29.0 Å². The molecule has 3 aliphatic rings. The highest BCUT2D eigenvalue weighted by Gasteiger charge is 2.42. The van der Waals surface area contributed by atoms with E-state index in [2.05, 4.69) is 4.90 Å². The van der Waals surface area contributed by atoms with Gasteiger partial charge in [-0.2, -0.15) is 0 Å².